The topological polar surface area (TPSA) is 77.0 Å². The van der Waals surface area contributed by atoms with Gasteiger partial charge in [0.15, 0.2) is 0 Å². The number of hydrogen-bond acceptors (Lipinski definition) is 7. The number of amides is 1. The van der Waals surface area contributed by atoms with E-state index in [1.54, 1.807) is 18.3 Å². The number of ether oxygens (including phenoxy) is 3. The van der Waals surface area contributed by atoms with Gasteiger partial charge in [-0.2, -0.15) is 0 Å². The number of aromatic nitrogens is 2. The van der Waals surface area contributed by atoms with E-state index >= 15 is 0 Å². The number of rotatable bonds is 8. The van der Waals surface area contributed by atoms with Crippen molar-refractivity contribution >= 4 is 11.7 Å². The minimum Gasteiger partial charge on any atom is -0.472 e. The third kappa shape index (κ3) is 5.28. The van der Waals surface area contributed by atoms with Gasteiger partial charge in [0, 0.05) is 39.2 Å². The molecule has 3 heterocycles. The van der Waals surface area contributed by atoms with E-state index in [1.165, 1.54) is 19.3 Å². The molecule has 1 unspecified atom stereocenters. The Morgan fingerprint density at radius 2 is 2.04 bits per heavy atom. The average Bonchev–Trinajstić information content (AvgIpc) is 3.15. The highest BCUT2D eigenvalue weighted by Gasteiger charge is 2.28. The number of anilines is 1. The number of carbonyl (C=O) groups is 1. The summed E-state index contributed by atoms with van der Waals surface area (Å²) in [6.45, 7) is 4.32. The van der Waals surface area contributed by atoms with Crippen LogP contribution in [0.5, 0.6) is 5.88 Å². The predicted molar refractivity (Wildman–Crippen MR) is 96.4 cm³/mol. The maximum Gasteiger partial charge on any atom is 0.248 e. The van der Waals surface area contributed by atoms with Crippen LogP contribution in [0.4, 0.5) is 5.82 Å². The van der Waals surface area contributed by atoms with E-state index in [0.717, 1.165) is 25.3 Å². The highest BCUT2D eigenvalue weighted by molar-refractivity contribution is 5.77. The normalized spacial score (nSPS) is 20.4. The molecule has 1 amide bonds. The molecule has 8 heteroatoms. The van der Waals surface area contributed by atoms with Crippen molar-refractivity contribution in [3.05, 3.63) is 12.4 Å². The van der Waals surface area contributed by atoms with Crippen molar-refractivity contribution in [3.63, 3.8) is 0 Å². The molecule has 8 nitrogen and oxygen atoms in total. The molecule has 0 saturated carbocycles. The molecule has 1 atom stereocenters. The first kappa shape index (κ1) is 18.8. The SMILES string of the molecule is COCCOCC(=O)N1CCC(Oc2cc(N3CCCCC3)ncn2)C1. The van der Waals surface area contributed by atoms with E-state index in [1.807, 2.05) is 6.07 Å². The van der Waals surface area contributed by atoms with Crippen LogP contribution in [0.15, 0.2) is 12.4 Å². The summed E-state index contributed by atoms with van der Waals surface area (Å²) in [5.41, 5.74) is 0. The van der Waals surface area contributed by atoms with E-state index in [0.29, 0.717) is 32.2 Å². The second-order valence-electron chi connectivity index (χ2n) is 6.68. The predicted octanol–water partition coefficient (Wildman–Crippen LogP) is 1.11. The Kier molecular flexibility index (Phi) is 7.02. The molecular formula is C18H28N4O4. The van der Waals surface area contributed by atoms with Crippen molar-refractivity contribution in [2.45, 2.75) is 31.8 Å². The Morgan fingerprint density at radius 3 is 2.85 bits per heavy atom. The lowest BCUT2D eigenvalue weighted by Crippen LogP contribution is -2.34. The molecule has 0 aromatic carbocycles. The van der Waals surface area contributed by atoms with Crippen LogP contribution in [0.25, 0.3) is 0 Å². The summed E-state index contributed by atoms with van der Waals surface area (Å²) in [6, 6.07) is 1.91. The number of carbonyl (C=O) groups excluding carboxylic acids is 1. The van der Waals surface area contributed by atoms with Crippen molar-refractivity contribution in [3.8, 4) is 5.88 Å². The molecule has 2 fully saturated rings. The summed E-state index contributed by atoms with van der Waals surface area (Å²) in [4.78, 5) is 24.8. The van der Waals surface area contributed by atoms with E-state index in [-0.39, 0.29) is 18.6 Å². The van der Waals surface area contributed by atoms with Crippen LogP contribution < -0.4 is 9.64 Å². The lowest BCUT2D eigenvalue weighted by molar-refractivity contribution is -0.135. The molecule has 0 bridgehead atoms. The van der Waals surface area contributed by atoms with Gasteiger partial charge in [-0.15, -0.1) is 0 Å². The zero-order valence-corrected chi connectivity index (χ0v) is 15.4. The number of likely N-dealkylation sites (tertiary alicyclic amines) is 1. The van der Waals surface area contributed by atoms with Crippen LogP contribution in [0.1, 0.15) is 25.7 Å². The molecule has 3 rings (SSSR count). The van der Waals surface area contributed by atoms with Crippen LogP contribution in [0, 0.1) is 0 Å². The van der Waals surface area contributed by atoms with E-state index in [4.69, 9.17) is 14.2 Å². The fraction of sp³-hybridized carbons (Fsp3) is 0.722. The molecule has 0 radical (unpaired) electrons. The Labute approximate surface area is 154 Å². The van der Waals surface area contributed by atoms with Crippen molar-refractivity contribution in [2.75, 3.05) is 58.0 Å². The quantitative estimate of drug-likeness (QED) is 0.640. The fourth-order valence-electron chi connectivity index (χ4n) is 3.31. The zero-order valence-electron chi connectivity index (χ0n) is 15.4. The standard InChI is InChI=1S/C18H28N4O4/c1-24-9-10-25-13-18(23)22-8-5-15(12-22)26-17-11-16(19-14-20-17)21-6-3-2-4-7-21/h11,14-15H,2-10,12-13H2,1H3. The molecule has 2 saturated heterocycles. The maximum absolute atomic E-state index is 12.1. The van der Waals surface area contributed by atoms with Gasteiger partial charge in [0.25, 0.3) is 0 Å². The van der Waals surface area contributed by atoms with E-state index in [2.05, 4.69) is 14.9 Å². The van der Waals surface area contributed by atoms with Crippen molar-refractivity contribution in [1.29, 1.82) is 0 Å². The van der Waals surface area contributed by atoms with Crippen LogP contribution in [-0.4, -0.2) is 80.0 Å². The van der Waals surface area contributed by atoms with Gasteiger partial charge in [0.1, 0.15) is 24.9 Å². The molecule has 1 aromatic rings. The Bertz CT molecular complexity index is 580. The van der Waals surface area contributed by atoms with Crippen LogP contribution in [-0.2, 0) is 14.3 Å². The minimum absolute atomic E-state index is 0.0103. The molecule has 1 aromatic heterocycles. The number of piperidine rings is 1. The molecule has 0 N–H and O–H groups in total. The summed E-state index contributed by atoms with van der Waals surface area (Å²) in [5, 5.41) is 0. The van der Waals surface area contributed by atoms with Crippen molar-refractivity contribution < 1.29 is 19.0 Å². The van der Waals surface area contributed by atoms with Gasteiger partial charge < -0.3 is 24.0 Å². The average molecular weight is 364 g/mol. The number of methoxy groups -OCH3 is 1. The molecule has 2 aliphatic heterocycles. The Balaban J connectivity index is 1.47. The highest BCUT2D eigenvalue weighted by Crippen LogP contribution is 2.22. The van der Waals surface area contributed by atoms with Gasteiger partial charge in [0.05, 0.1) is 19.8 Å². The molecular weight excluding hydrogens is 336 g/mol. The lowest BCUT2D eigenvalue weighted by atomic mass is 10.1. The number of nitrogens with zero attached hydrogens (tertiary/aromatic N) is 4. The van der Waals surface area contributed by atoms with Gasteiger partial charge in [-0.25, -0.2) is 9.97 Å². The van der Waals surface area contributed by atoms with Crippen LogP contribution in [0.2, 0.25) is 0 Å². The molecule has 0 aliphatic carbocycles. The minimum atomic E-state index is -0.0398. The fourth-order valence-corrected chi connectivity index (χ4v) is 3.31. The third-order valence-electron chi connectivity index (χ3n) is 4.75. The monoisotopic (exact) mass is 364 g/mol. The second-order valence-corrected chi connectivity index (χ2v) is 6.68. The van der Waals surface area contributed by atoms with Gasteiger partial charge in [-0.1, -0.05) is 0 Å². The van der Waals surface area contributed by atoms with Crippen molar-refractivity contribution in [2.24, 2.45) is 0 Å². The largest absolute Gasteiger partial charge is 0.472 e. The summed E-state index contributed by atoms with van der Waals surface area (Å²) < 4.78 is 16.2. The first-order valence-electron chi connectivity index (χ1n) is 9.34. The molecule has 2 aliphatic rings. The van der Waals surface area contributed by atoms with Crippen LogP contribution in [0.3, 0.4) is 0 Å². The third-order valence-corrected chi connectivity index (χ3v) is 4.75. The first-order valence-corrected chi connectivity index (χ1v) is 9.34. The summed E-state index contributed by atoms with van der Waals surface area (Å²) in [5.74, 6) is 1.49. The Morgan fingerprint density at radius 1 is 1.19 bits per heavy atom. The summed E-state index contributed by atoms with van der Waals surface area (Å²) >= 11 is 0. The van der Waals surface area contributed by atoms with Crippen LogP contribution >= 0.6 is 0 Å². The van der Waals surface area contributed by atoms with E-state index < -0.39 is 0 Å². The smallest absolute Gasteiger partial charge is 0.248 e. The maximum atomic E-state index is 12.1. The molecule has 0 spiro atoms. The van der Waals surface area contributed by atoms with Gasteiger partial charge >= 0.3 is 0 Å². The second kappa shape index (κ2) is 9.68. The number of hydrogen-bond donors (Lipinski definition) is 0. The van der Waals surface area contributed by atoms with Gasteiger partial charge in [0.2, 0.25) is 11.8 Å². The highest BCUT2D eigenvalue weighted by atomic mass is 16.5. The first-order chi connectivity index (χ1) is 12.8. The summed E-state index contributed by atoms with van der Waals surface area (Å²) in [6.07, 6.45) is 6.00. The lowest BCUT2D eigenvalue weighted by Gasteiger charge is -2.27. The van der Waals surface area contributed by atoms with Gasteiger partial charge in [-0.3, -0.25) is 4.79 Å². The van der Waals surface area contributed by atoms with Crippen molar-refractivity contribution in [1.82, 2.24) is 14.9 Å². The zero-order chi connectivity index (χ0) is 18.2. The van der Waals surface area contributed by atoms with E-state index in [9.17, 15) is 4.79 Å². The summed E-state index contributed by atoms with van der Waals surface area (Å²) in [7, 11) is 1.61. The molecule has 26 heavy (non-hydrogen) atoms. The van der Waals surface area contributed by atoms with Gasteiger partial charge in [-0.05, 0) is 19.3 Å². The molecule has 144 valence electrons. The Hall–Kier alpha value is -1.93.